The van der Waals surface area contributed by atoms with E-state index in [-0.39, 0.29) is 11.6 Å². The molecule has 0 saturated heterocycles. The van der Waals surface area contributed by atoms with Crippen molar-refractivity contribution in [2.24, 2.45) is 0 Å². The van der Waals surface area contributed by atoms with Gasteiger partial charge in [0, 0.05) is 6.04 Å². The number of ether oxygens (including phenoxy) is 3. The Bertz CT molecular complexity index is 862. The minimum absolute atomic E-state index is 0.232. The summed E-state index contributed by atoms with van der Waals surface area (Å²) in [6.07, 6.45) is 7.44. The average molecular weight is 365 g/mol. The molecule has 27 heavy (non-hydrogen) atoms. The fourth-order valence-electron chi connectivity index (χ4n) is 3.54. The molecule has 5 nitrogen and oxygen atoms in total. The number of aryl methyl sites for hydroxylation is 1. The Morgan fingerprint density at radius 3 is 2.56 bits per heavy atom. The third kappa shape index (κ3) is 3.76. The number of nitrogens with zero attached hydrogens (tertiary/aromatic N) is 1. The molecule has 0 aliphatic heterocycles. The first kappa shape index (κ1) is 18.8. The highest BCUT2D eigenvalue weighted by Gasteiger charge is 2.27. The van der Waals surface area contributed by atoms with Crippen LogP contribution in [0.1, 0.15) is 33.9 Å². The number of esters is 1. The van der Waals surface area contributed by atoms with Crippen LogP contribution in [0.25, 0.3) is 0 Å². The van der Waals surface area contributed by atoms with Crippen LogP contribution in [0, 0.1) is 12.3 Å². The maximum absolute atomic E-state index is 12.8. The molecule has 2 aromatic carbocycles. The van der Waals surface area contributed by atoms with E-state index in [1.807, 2.05) is 25.2 Å². The van der Waals surface area contributed by atoms with E-state index in [9.17, 15) is 4.79 Å². The van der Waals surface area contributed by atoms with Crippen LogP contribution in [-0.2, 0) is 6.42 Å². The second-order valence-corrected chi connectivity index (χ2v) is 6.46. The van der Waals surface area contributed by atoms with Gasteiger partial charge in [-0.05, 0) is 55.3 Å². The topological polar surface area (TPSA) is 48.0 Å². The number of terminal acetylenes is 1. The van der Waals surface area contributed by atoms with E-state index in [4.69, 9.17) is 20.6 Å². The lowest BCUT2D eigenvalue weighted by Crippen LogP contribution is -2.23. The molecule has 140 valence electrons. The highest BCUT2D eigenvalue weighted by atomic mass is 16.5. The Morgan fingerprint density at radius 1 is 1.22 bits per heavy atom. The SMILES string of the molecule is C#CCN(C)[C@@H]1CCc2ccc(OC(=O)c3c(OC)cccc3OC)cc21. The maximum atomic E-state index is 12.8. The Kier molecular flexibility index (Phi) is 5.68. The minimum Gasteiger partial charge on any atom is -0.496 e. The Labute approximate surface area is 159 Å². The second-order valence-electron chi connectivity index (χ2n) is 6.46. The lowest BCUT2D eigenvalue weighted by molar-refractivity contribution is 0.0727. The fourth-order valence-corrected chi connectivity index (χ4v) is 3.54. The van der Waals surface area contributed by atoms with Crippen molar-refractivity contribution >= 4 is 5.97 Å². The van der Waals surface area contributed by atoms with Gasteiger partial charge in [0.05, 0.1) is 20.8 Å². The van der Waals surface area contributed by atoms with E-state index in [1.165, 1.54) is 19.8 Å². The molecule has 0 bridgehead atoms. The van der Waals surface area contributed by atoms with Gasteiger partial charge in [-0.25, -0.2) is 4.79 Å². The van der Waals surface area contributed by atoms with Crippen molar-refractivity contribution in [1.82, 2.24) is 4.90 Å². The zero-order valence-corrected chi connectivity index (χ0v) is 15.8. The molecule has 0 spiro atoms. The van der Waals surface area contributed by atoms with Gasteiger partial charge in [0.25, 0.3) is 0 Å². The summed E-state index contributed by atoms with van der Waals surface area (Å²) in [6, 6.07) is 11.2. The van der Waals surface area contributed by atoms with Gasteiger partial charge in [-0.15, -0.1) is 6.42 Å². The van der Waals surface area contributed by atoms with E-state index in [0.717, 1.165) is 18.4 Å². The summed E-state index contributed by atoms with van der Waals surface area (Å²) in [5.74, 6) is 3.48. The molecule has 0 unspecified atom stereocenters. The highest BCUT2D eigenvalue weighted by molar-refractivity contribution is 5.97. The molecule has 0 heterocycles. The summed E-state index contributed by atoms with van der Waals surface area (Å²) in [7, 11) is 5.03. The van der Waals surface area contributed by atoms with Crippen molar-refractivity contribution in [3.8, 4) is 29.6 Å². The molecule has 5 heteroatoms. The van der Waals surface area contributed by atoms with Crippen molar-refractivity contribution in [2.75, 3.05) is 27.8 Å². The standard InChI is InChI=1S/C22H23NO4/c1-5-13-23(2)18-12-10-15-9-11-16(14-17(15)18)27-22(24)21-19(25-3)7-6-8-20(21)26-4/h1,6-9,11,14,18H,10,12-13H2,2-4H3/t18-/m1/s1. The quantitative estimate of drug-likeness (QED) is 0.446. The third-order valence-corrected chi connectivity index (χ3v) is 4.88. The van der Waals surface area contributed by atoms with E-state index >= 15 is 0 Å². The lowest BCUT2D eigenvalue weighted by atomic mass is 10.1. The van der Waals surface area contributed by atoms with Crippen LogP contribution in [0.3, 0.4) is 0 Å². The first-order valence-corrected chi connectivity index (χ1v) is 8.78. The predicted molar refractivity (Wildman–Crippen MR) is 103 cm³/mol. The smallest absolute Gasteiger partial charge is 0.351 e. The van der Waals surface area contributed by atoms with Crippen molar-refractivity contribution in [3.05, 3.63) is 53.1 Å². The molecular weight excluding hydrogens is 342 g/mol. The average Bonchev–Trinajstić information content (AvgIpc) is 3.10. The van der Waals surface area contributed by atoms with Crippen molar-refractivity contribution < 1.29 is 19.0 Å². The molecule has 1 aliphatic carbocycles. The van der Waals surface area contributed by atoms with Crippen LogP contribution >= 0.6 is 0 Å². The predicted octanol–water partition coefficient (Wildman–Crippen LogP) is 3.48. The summed E-state index contributed by atoms with van der Waals surface area (Å²) >= 11 is 0. The van der Waals surface area contributed by atoms with Gasteiger partial charge in [-0.3, -0.25) is 4.90 Å². The summed E-state index contributed by atoms with van der Waals surface area (Å²) in [4.78, 5) is 14.9. The maximum Gasteiger partial charge on any atom is 0.351 e. The van der Waals surface area contributed by atoms with Crippen LogP contribution in [-0.4, -0.2) is 38.7 Å². The number of rotatable bonds is 6. The normalized spacial score (nSPS) is 15.1. The number of hydrogen-bond donors (Lipinski definition) is 0. The monoisotopic (exact) mass is 365 g/mol. The summed E-state index contributed by atoms with van der Waals surface area (Å²) < 4.78 is 16.2. The van der Waals surface area contributed by atoms with Crippen molar-refractivity contribution in [2.45, 2.75) is 18.9 Å². The molecular formula is C22H23NO4. The Morgan fingerprint density at radius 2 is 1.93 bits per heavy atom. The summed E-state index contributed by atoms with van der Waals surface area (Å²) in [6.45, 7) is 0.576. The number of carbonyl (C=O) groups excluding carboxylic acids is 1. The molecule has 0 fully saturated rings. The molecule has 2 aromatic rings. The minimum atomic E-state index is -0.518. The van der Waals surface area contributed by atoms with Crippen LogP contribution in [0.15, 0.2) is 36.4 Å². The van der Waals surface area contributed by atoms with Gasteiger partial charge in [0.2, 0.25) is 0 Å². The van der Waals surface area contributed by atoms with Crippen LogP contribution in [0.5, 0.6) is 17.2 Å². The van der Waals surface area contributed by atoms with Gasteiger partial charge in [-0.2, -0.15) is 0 Å². The summed E-state index contributed by atoms with van der Waals surface area (Å²) in [5, 5.41) is 0. The molecule has 3 rings (SSSR count). The van der Waals surface area contributed by atoms with Crippen LogP contribution in [0.2, 0.25) is 0 Å². The molecule has 0 saturated carbocycles. The number of hydrogen-bond acceptors (Lipinski definition) is 5. The van der Waals surface area contributed by atoms with Gasteiger partial charge >= 0.3 is 5.97 Å². The molecule has 0 amide bonds. The summed E-state index contributed by atoms with van der Waals surface area (Å²) in [5.41, 5.74) is 2.69. The molecule has 0 N–H and O–H groups in total. The van der Waals surface area contributed by atoms with Gasteiger partial charge in [0.15, 0.2) is 0 Å². The number of carbonyl (C=O) groups is 1. The number of methoxy groups -OCH3 is 2. The number of benzene rings is 2. The second kappa shape index (κ2) is 8.15. The Balaban J connectivity index is 1.87. The first-order valence-electron chi connectivity index (χ1n) is 8.78. The molecule has 0 aromatic heterocycles. The van der Waals surface area contributed by atoms with Gasteiger partial charge in [0.1, 0.15) is 22.8 Å². The zero-order chi connectivity index (χ0) is 19.4. The van der Waals surface area contributed by atoms with Crippen LogP contribution in [0.4, 0.5) is 0 Å². The highest BCUT2D eigenvalue weighted by Crippen LogP contribution is 2.37. The van der Waals surface area contributed by atoms with Crippen molar-refractivity contribution in [1.29, 1.82) is 0 Å². The van der Waals surface area contributed by atoms with E-state index in [1.54, 1.807) is 18.2 Å². The Hall–Kier alpha value is -2.97. The van der Waals surface area contributed by atoms with E-state index in [2.05, 4.69) is 10.8 Å². The van der Waals surface area contributed by atoms with Crippen LogP contribution < -0.4 is 14.2 Å². The molecule has 1 atom stereocenters. The third-order valence-electron chi connectivity index (χ3n) is 4.88. The molecule has 0 radical (unpaired) electrons. The fraction of sp³-hybridized carbons (Fsp3) is 0.318. The number of fused-ring (bicyclic) bond motifs is 1. The van der Waals surface area contributed by atoms with Gasteiger partial charge < -0.3 is 14.2 Å². The first-order chi connectivity index (χ1) is 13.1. The van der Waals surface area contributed by atoms with E-state index < -0.39 is 5.97 Å². The largest absolute Gasteiger partial charge is 0.496 e. The van der Waals surface area contributed by atoms with Gasteiger partial charge in [-0.1, -0.05) is 18.1 Å². The molecule has 1 aliphatic rings. The van der Waals surface area contributed by atoms with E-state index in [0.29, 0.717) is 23.8 Å². The lowest BCUT2D eigenvalue weighted by Gasteiger charge is -2.23. The van der Waals surface area contributed by atoms with Crippen molar-refractivity contribution in [3.63, 3.8) is 0 Å². The zero-order valence-electron chi connectivity index (χ0n) is 15.8.